The minimum atomic E-state index is 0.409. The van der Waals surface area contributed by atoms with Crippen LogP contribution in [0, 0.1) is 0 Å². The summed E-state index contributed by atoms with van der Waals surface area (Å²) in [6.45, 7) is 4.72. The third-order valence-corrected chi connectivity index (χ3v) is 3.32. The lowest BCUT2D eigenvalue weighted by Crippen LogP contribution is -1.96. The van der Waals surface area contributed by atoms with E-state index in [0.29, 0.717) is 17.0 Å². The average Bonchev–Trinajstić information content (AvgIpc) is 2.73. The summed E-state index contributed by atoms with van der Waals surface area (Å²) in [7, 11) is 0. The van der Waals surface area contributed by atoms with Crippen molar-refractivity contribution >= 4 is 22.9 Å². The lowest BCUT2D eigenvalue weighted by Gasteiger charge is -2.08. The standard InChI is InChI=1S/C12H13ClN2OS/c1-8(2)9-4-3-5-10(6-9)16-7-11-14-15-12(13)17-11/h3-6,8H,7H2,1-2H3. The molecule has 90 valence electrons. The number of hydrogen-bond donors (Lipinski definition) is 0. The first-order chi connectivity index (χ1) is 8.15. The zero-order valence-electron chi connectivity index (χ0n) is 9.68. The highest BCUT2D eigenvalue weighted by atomic mass is 35.5. The predicted molar refractivity (Wildman–Crippen MR) is 69.8 cm³/mol. The van der Waals surface area contributed by atoms with E-state index < -0.39 is 0 Å². The molecular weight excluding hydrogens is 256 g/mol. The van der Waals surface area contributed by atoms with Crippen molar-refractivity contribution in [3.8, 4) is 5.75 Å². The molecule has 0 radical (unpaired) electrons. The predicted octanol–water partition coefficient (Wildman–Crippen LogP) is 3.89. The summed E-state index contributed by atoms with van der Waals surface area (Å²) < 4.78 is 6.09. The van der Waals surface area contributed by atoms with Gasteiger partial charge < -0.3 is 4.74 Å². The Hall–Kier alpha value is -1.13. The molecule has 0 aliphatic rings. The first-order valence-electron chi connectivity index (χ1n) is 5.36. The molecule has 0 aliphatic heterocycles. The molecule has 2 rings (SSSR count). The molecule has 1 aromatic heterocycles. The highest BCUT2D eigenvalue weighted by molar-refractivity contribution is 7.15. The third kappa shape index (κ3) is 3.41. The largest absolute Gasteiger partial charge is 0.486 e. The lowest BCUT2D eigenvalue weighted by atomic mass is 10.0. The van der Waals surface area contributed by atoms with Crippen molar-refractivity contribution < 1.29 is 4.74 Å². The van der Waals surface area contributed by atoms with Crippen LogP contribution in [0.3, 0.4) is 0 Å². The van der Waals surface area contributed by atoms with E-state index in [4.69, 9.17) is 16.3 Å². The molecule has 0 unspecified atom stereocenters. The summed E-state index contributed by atoms with van der Waals surface area (Å²) in [6.07, 6.45) is 0. The van der Waals surface area contributed by atoms with Gasteiger partial charge in [-0.25, -0.2) is 0 Å². The van der Waals surface area contributed by atoms with Crippen molar-refractivity contribution in [2.45, 2.75) is 26.4 Å². The van der Waals surface area contributed by atoms with E-state index in [1.165, 1.54) is 16.9 Å². The molecule has 0 aliphatic carbocycles. The Bertz CT molecular complexity index is 499. The molecule has 1 heterocycles. The highest BCUT2D eigenvalue weighted by Gasteiger charge is 2.04. The maximum absolute atomic E-state index is 5.70. The Morgan fingerprint density at radius 2 is 2.18 bits per heavy atom. The van der Waals surface area contributed by atoms with Gasteiger partial charge in [0.05, 0.1) is 0 Å². The zero-order valence-corrected chi connectivity index (χ0v) is 11.3. The molecule has 2 aromatic rings. The van der Waals surface area contributed by atoms with Crippen molar-refractivity contribution in [3.63, 3.8) is 0 Å². The van der Waals surface area contributed by atoms with Crippen molar-refractivity contribution in [3.05, 3.63) is 39.3 Å². The van der Waals surface area contributed by atoms with Crippen LogP contribution in [0.25, 0.3) is 0 Å². The van der Waals surface area contributed by atoms with Crippen LogP contribution in [0.5, 0.6) is 5.75 Å². The van der Waals surface area contributed by atoms with Gasteiger partial charge >= 0.3 is 0 Å². The van der Waals surface area contributed by atoms with E-state index in [0.717, 1.165) is 10.8 Å². The van der Waals surface area contributed by atoms with E-state index >= 15 is 0 Å². The molecule has 0 spiro atoms. The van der Waals surface area contributed by atoms with E-state index in [-0.39, 0.29) is 0 Å². The maximum atomic E-state index is 5.70. The van der Waals surface area contributed by atoms with E-state index in [1.54, 1.807) is 0 Å². The Kier molecular flexibility index (Phi) is 3.97. The van der Waals surface area contributed by atoms with Crippen LogP contribution in [0.4, 0.5) is 0 Å². The van der Waals surface area contributed by atoms with Crippen LogP contribution >= 0.6 is 22.9 Å². The van der Waals surface area contributed by atoms with Crippen LogP contribution in [0.15, 0.2) is 24.3 Å². The SMILES string of the molecule is CC(C)c1cccc(OCc2nnc(Cl)s2)c1. The Balaban J connectivity index is 2.01. The van der Waals surface area contributed by atoms with Gasteiger partial charge in [-0.3, -0.25) is 0 Å². The van der Waals surface area contributed by atoms with E-state index in [2.05, 4.69) is 30.1 Å². The molecule has 0 amide bonds. The molecular formula is C12H13ClN2OS. The fourth-order valence-electron chi connectivity index (χ4n) is 1.40. The monoisotopic (exact) mass is 268 g/mol. The molecule has 0 saturated heterocycles. The molecule has 0 N–H and O–H groups in total. The molecule has 1 aromatic carbocycles. The third-order valence-electron chi connectivity index (χ3n) is 2.33. The summed E-state index contributed by atoms with van der Waals surface area (Å²) in [4.78, 5) is 0. The first kappa shape index (κ1) is 12.3. The molecule has 0 atom stereocenters. The van der Waals surface area contributed by atoms with Crippen molar-refractivity contribution in [2.24, 2.45) is 0 Å². The number of rotatable bonds is 4. The van der Waals surface area contributed by atoms with Crippen LogP contribution < -0.4 is 4.74 Å². The van der Waals surface area contributed by atoms with Crippen molar-refractivity contribution in [1.82, 2.24) is 10.2 Å². The smallest absolute Gasteiger partial charge is 0.207 e. The summed E-state index contributed by atoms with van der Waals surface area (Å²) in [5.41, 5.74) is 1.26. The second-order valence-corrected chi connectivity index (χ2v) is 5.61. The Morgan fingerprint density at radius 1 is 1.35 bits per heavy atom. The first-order valence-corrected chi connectivity index (χ1v) is 6.55. The second kappa shape index (κ2) is 5.47. The summed E-state index contributed by atoms with van der Waals surface area (Å²) in [6, 6.07) is 8.08. The minimum Gasteiger partial charge on any atom is -0.486 e. The summed E-state index contributed by atoms with van der Waals surface area (Å²) in [5, 5.41) is 8.41. The highest BCUT2D eigenvalue weighted by Crippen LogP contribution is 2.22. The van der Waals surface area contributed by atoms with Gasteiger partial charge in [-0.15, -0.1) is 10.2 Å². The van der Waals surface area contributed by atoms with Crippen molar-refractivity contribution in [1.29, 1.82) is 0 Å². The topological polar surface area (TPSA) is 35.0 Å². The molecule has 17 heavy (non-hydrogen) atoms. The molecule has 0 bridgehead atoms. The number of halogens is 1. The molecule has 0 fully saturated rings. The fourth-order valence-corrected chi connectivity index (χ4v) is 2.18. The molecule has 3 nitrogen and oxygen atoms in total. The fraction of sp³-hybridized carbons (Fsp3) is 0.333. The second-order valence-electron chi connectivity index (χ2n) is 3.96. The van der Waals surface area contributed by atoms with Crippen molar-refractivity contribution in [2.75, 3.05) is 0 Å². The minimum absolute atomic E-state index is 0.409. The van der Waals surface area contributed by atoms with Gasteiger partial charge in [-0.1, -0.05) is 37.3 Å². The normalized spacial score (nSPS) is 10.8. The van der Waals surface area contributed by atoms with E-state index in [1.807, 2.05) is 18.2 Å². The summed E-state index contributed by atoms with van der Waals surface area (Å²) in [5.74, 6) is 1.34. The Morgan fingerprint density at radius 3 is 2.82 bits per heavy atom. The van der Waals surface area contributed by atoms with Gasteiger partial charge in [0.1, 0.15) is 12.4 Å². The number of hydrogen-bond acceptors (Lipinski definition) is 4. The maximum Gasteiger partial charge on any atom is 0.207 e. The van der Waals surface area contributed by atoms with Crippen LogP contribution in [0.2, 0.25) is 4.47 Å². The molecule has 5 heteroatoms. The van der Waals surface area contributed by atoms with E-state index in [9.17, 15) is 0 Å². The number of benzene rings is 1. The van der Waals surface area contributed by atoms with Gasteiger partial charge in [-0.2, -0.15) is 0 Å². The quantitative estimate of drug-likeness (QED) is 0.844. The zero-order chi connectivity index (χ0) is 12.3. The van der Waals surface area contributed by atoms with Gasteiger partial charge in [0.15, 0.2) is 5.01 Å². The Labute approximate surface area is 109 Å². The molecule has 0 saturated carbocycles. The number of ether oxygens (including phenoxy) is 1. The van der Waals surface area contributed by atoms with Crippen LogP contribution in [0.1, 0.15) is 30.3 Å². The van der Waals surface area contributed by atoms with Gasteiger partial charge in [0.25, 0.3) is 0 Å². The summed E-state index contributed by atoms with van der Waals surface area (Å²) >= 11 is 7.03. The van der Waals surface area contributed by atoms with Crippen LogP contribution in [-0.2, 0) is 6.61 Å². The van der Waals surface area contributed by atoms with Crippen LogP contribution in [-0.4, -0.2) is 10.2 Å². The van der Waals surface area contributed by atoms with Gasteiger partial charge in [0.2, 0.25) is 4.47 Å². The van der Waals surface area contributed by atoms with Gasteiger partial charge in [-0.05, 0) is 35.2 Å². The number of nitrogens with zero attached hydrogens (tertiary/aromatic N) is 2. The number of aromatic nitrogens is 2. The average molecular weight is 269 g/mol. The lowest BCUT2D eigenvalue weighted by molar-refractivity contribution is 0.304. The van der Waals surface area contributed by atoms with Gasteiger partial charge in [0, 0.05) is 0 Å².